The van der Waals surface area contributed by atoms with Crippen molar-refractivity contribution < 1.29 is 43.5 Å². The largest absolute Gasteiger partial charge is 0.496 e. The summed E-state index contributed by atoms with van der Waals surface area (Å²) in [6, 6.07) is 4.04. The molecular weight excluding hydrogens is 506 g/mol. The molecule has 1 aromatic carbocycles. The van der Waals surface area contributed by atoms with Gasteiger partial charge in [-0.1, -0.05) is 12.2 Å². The third-order valence-corrected chi connectivity index (χ3v) is 8.32. The van der Waals surface area contributed by atoms with E-state index in [0.29, 0.717) is 37.3 Å². The summed E-state index contributed by atoms with van der Waals surface area (Å²) in [5.74, 6) is 0.0680. The standard InChI is InChI=1S/C29H37NO9/c1-27(2,33)9-6-10-28(34,15-24(31)36-4)26(32)39-25-23(35-3)16-30-12-8-18-13-21-22(38-17-37-21)14-19(18)20-7-5-11-29(20,25)30/h5,7,13-14,16,20,25,33-34H,6,8-12,15,17H2,1-4H3/t20?,25-,28-,29?/m1/s1. The van der Waals surface area contributed by atoms with Crippen molar-refractivity contribution >= 4 is 11.9 Å². The fraction of sp³-hybridized carbons (Fsp3) is 0.586. The van der Waals surface area contributed by atoms with Crippen LogP contribution in [0.1, 0.15) is 63.0 Å². The van der Waals surface area contributed by atoms with Crippen molar-refractivity contribution in [1.29, 1.82) is 0 Å². The fourth-order valence-electron chi connectivity index (χ4n) is 6.31. The molecular formula is C29H37NO9. The van der Waals surface area contributed by atoms with Crippen LogP contribution >= 0.6 is 0 Å². The van der Waals surface area contributed by atoms with Gasteiger partial charge in [-0.2, -0.15) is 0 Å². The van der Waals surface area contributed by atoms with Crippen LogP contribution in [0.2, 0.25) is 0 Å². The van der Waals surface area contributed by atoms with Gasteiger partial charge in [0.2, 0.25) is 6.79 Å². The minimum Gasteiger partial charge on any atom is -0.496 e. The number of carbonyl (C=O) groups is 2. The molecule has 5 rings (SSSR count). The SMILES string of the molecule is COC(=O)C[C@](O)(CCCC(C)(C)O)C(=O)O[C@@H]1C(OC)=CN2CCc3cc4c(cc3C3C=CCC312)OCO4. The molecule has 39 heavy (non-hydrogen) atoms. The molecule has 2 unspecified atom stereocenters. The number of hydrogen-bond donors (Lipinski definition) is 2. The Morgan fingerprint density at radius 1 is 1.15 bits per heavy atom. The third kappa shape index (κ3) is 4.84. The summed E-state index contributed by atoms with van der Waals surface area (Å²) in [5.41, 5.74) is -1.62. The number of aliphatic hydroxyl groups is 2. The summed E-state index contributed by atoms with van der Waals surface area (Å²) < 4.78 is 27.9. The van der Waals surface area contributed by atoms with Gasteiger partial charge in [-0.15, -0.1) is 0 Å². The minimum atomic E-state index is -2.13. The highest BCUT2D eigenvalue weighted by atomic mass is 16.7. The van der Waals surface area contributed by atoms with Gasteiger partial charge < -0.3 is 38.8 Å². The molecule has 0 fully saturated rings. The van der Waals surface area contributed by atoms with Gasteiger partial charge in [-0.05, 0) is 69.2 Å². The van der Waals surface area contributed by atoms with E-state index >= 15 is 0 Å². The number of methoxy groups -OCH3 is 2. The Labute approximate surface area is 228 Å². The molecule has 0 radical (unpaired) electrons. The maximum atomic E-state index is 13.7. The van der Waals surface area contributed by atoms with Gasteiger partial charge in [-0.25, -0.2) is 4.79 Å². The molecule has 2 N–H and O–H groups in total. The van der Waals surface area contributed by atoms with Gasteiger partial charge in [0.05, 0.1) is 31.8 Å². The number of carbonyl (C=O) groups excluding carboxylic acids is 2. The summed E-state index contributed by atoms with van der Waals surface area (Å²) in [6.07, 6.45) is 6.56. The van der Waals surface area contributed by atoms with Crippen molar-refractivity contribution in [2.24, 2.45) is 0 Å². The first-order chi connectivity index (χ1) is 18.5. The van der Waals surface area contributed by atoms with Crippen LogP contribution in [-0.2, 0) is 30.2 Å². The lowest BCUT2D eigenvalue weighted by Gasteiger charge is -2.44. The molecule has 0 aromatic heterocycles. The Hall–Kier alpha value is -3.24. The Bertz CT molecular complexity index is 1200. The van der Waals surface area contributed by atoms with Gasteiger partial charge >= 0.3 is 11.9 Å². The number of benzene rings is 1. The lowest BCUT2D eigenvalue weighted by Crippen LogP contribution is -2.56. The van der Waals surface area contributed by atoms with E-state index in [1.165, 1.54) is 14.2 Å². The first-order valence-corrected chi connectivity index (χ1v) is 13.3. The lowest BCUT2D eigenvalue weighted by atomic mass is 9.76. The second-order valence-corrected chi connectivity index (χ2v) is 11.4. The average Bonchev–Trinajstić information content (AvgIpc) is 3.58. The molecule has 4 aliphatic rings. The zero-order valence-corrected chi connectivity index (χ0v) is 22.9. The first kappa shape index (κ1) is 27.3. The number of fused-ring (bicyclic) bond motifs is 3. The van der Waals surface area contributed by atoms with Crippen molar-refractivity contribution in [1.82, 2.24) is 4.90 Å². The molecule has 1 aliphatic carbocycles. The van der Waals surface area contributed by atoms with Crippen LogP contribution < -0.4 is 9.47 Å². The Balaban J connectivity index is 1.47. The minimum absolute atomic E-state index is 0.0750. The van der Waals surface area contributed by atoms with Crippen molar-refractivity contribution in [3.63, 3.8) is 0 Å². The average molecular weight is 544 g/mol. The van der Waals surface area contributed by atoms with Crippen LogP contribution in [0.5, 0.6) is 11.5 Å². The van der Waals surface area contributed by atoms with Crippen molar-refractivity contribution in [2.45, 2.75) is 81.1 Å². The van der Waals surface area contributed by atoms with Crippen LogP contribution in [0.4, 0.5) is 0 Å². The molecule has 0 amide bonds. The van der Waals surface area contributed by atoms with E-state index in [1.807, 2.05) is 18.3 Å². The second-order valence-electron chi connectivity index (χ2n) is 11.4. The van der Waals surface area contributed by atoms with Crippen LogP contribution in [0.25, 0.3) is 0 Å². The summed E-state index contributed by atoms with van der Waals surface area (Å²) in [7, 11) is 2.73. The van der Waals surface area contributed by atoms with Gasteiger partial charge in [0.25, 0.3) is 0 Å². The third-order valence-electron chi connectivity index (χ3n) is 8.32. The zero-order chi connectivity index (χ0) is 28.0. The van der Waals surface area contributed by atoms with Gasteiger partial charge in [0.15, 0.2) is 29.0 Å². The van der Waals surface area contributed by atoms with Gasteiger partial charge in [0, 0.05) is 18.7 Å². The smallest absolute Gasteiger partial charge is 0.339 e. The molecule has 1 spiro atoms. The van der Waals surface area contributed by atoms with Crippen molar-refractivity contribution in [3.8, 4) is 11.5 Å². The Kier molecular flexibility index (Phi) is 7.05. The van der Waals surface area contributed by atoms with E-state index in [4.69, 9.17) is 23.7 Å². The van der Waals surface area contributed by atoms with Crippen LogP contribution in [0.15, 0.2) is 36.2 Å². The molecule has 0 bridgehead atoms. The summed E-state index contributed by atoms with van der Waals surface area (Å²) in [4.78, 5) is 28.1. The predicted molar refractivity (Wildman–Crippen MR) is 139 cm³/mol. The molecule has 10 heteroatoms. The van der Waals surface area contributed by atoms with E-state index in [9.17, 15) is 19.8 Å². The Morgan fingerprint density at radius 3 is 2.59 bits per heavy atom. The van der Waals surface area contributed by atoms with E-state index in [0.717, 1.165) is 23.3 Å². The van der Waals surface area contributed by atoms with Crippen molar-refractivity contribution in [3.05, 3.63) is 47.4 Å². The molecule has 0 saturated carbocycles. The number of ether oxygens (including phenoxy) is 5. The predicted octanol–water partition coefficient (Wildman–Crippen LogP) is 2.70. The highest BCUT2D eigenvalue weighted by molar-refractivity contribution is 5.86. The van der Waals surface area contributed by atoms with Crippen LogP contribution in [0, 0.1) is 0 Å². The highest BCUT2D eigenvalue weighted by Gasteiger charge is 2.60. The lowest BCUT2D eigenvalue weighted by molar-refractivity contribution is -0.182. The molecule has 212 valence electrons. The maximum absolute atomic E-state index is 13.7. The summed E-state index contributed by atoms with van der Waals surface area (Å²) >= 11 is 0. The summed E-state index contributed by atoms with van der Waals surface area (Å²) in [5, 5.41) is 21.6. The first-order valence-electron chi connectivity index (χ1n) is 13.3. The monoisotopic (exact) mass is 543 g/mol. The molecule has 0 saturated heterocycles. The Morgan fingerprint density at radius 2 is 1.90 bits per heavy atom. The number of rotatable bonds is 9. The highest BCUT2D eigenvalue weighted by Crippen LogP contribution is 2.55. The maximum Gasteiger partial charge on any atom is 0.339 e. The van der Waals surface area contributed by atoms with E-state index in [2.05, 4.69) is 17.1 Å². The van der Waals surface area contributed by atoms with Crippen LogP contribution in [0.3, 0.4) is 0 Å². The zero-order valence-electron chi connectivity index (χ0n) is 22.9. The molecule has 1 aromatic rings. The van der Waals surface area contributed by atoms with E-state index in [1.54, 1.807) is 13.8 Å². The van der Waals surface area contributed by atoms with Gasteiger partial charge in [0.1, 0.15) is 0 Å². The van der Waals surface area contributed by atoms with E-state index in [-0.39, 0.29) is 19.1 Å². The van der Waals surface area contributed by atoms with Crippen molar-refractivity contribution in [2.75, 3.05) is 27.6 Å². The topological polar surface area (TPSA) is 124 Å². The van der Waals surface area contributed by atoms with E-state index < -0.39 is 41.2 Å². The molecule has 4 atom stereocenters. The number of esters is 2. The molecule has 3 heterocycles. The fourth-order valence-corrected chi connectivity index (χ4v) is 6.31. The number of nitrogens with zero attached hydrogens (tertiary/aromatic N) is 1. The number of hydrogen-bond acceptors (Lipinski definition) is 10. The second kappa shape index (κ2) is 10.1. The molecule has 3 aliphatic heterocycles. The summed E-state index contributed by atoms with van der Waals surface area (Å²) in [6.45, 7) is 4.13. The normalized spacial score (nSPS) is 26.1. The van der Waals surface area contributed by atoms with Gasteiger partial charge in [-0.3, -0.25) is 4.79 Å². The molecule has 10 nitrogen and oxygen atoms in total. The van der Waals surface area contributed by atoms with Crippen LogP contribution in [-0.4, -0.2) is 77.5 Å². The quantitative estimate of drug-likeness (QED) is 0.355.